The highest BCUT2D eigenvalue weighted by Gasteiger charge is 2.17. The fraction of sp³-hybridized carbons (Fsp3) is 0.125. The van der Waals surface area contributed by atoms with Crippen molar-refractivity contribution in [1.29, 1.82) is 0 Å². The van der Waals surface area contributed by atoms with Gasteiger partial charge in [-0.2, -0.15) is 0 Å². The topological polar surface area (TPSA) is 51.2 Å². The van der Waals surface area contributed by atoms with Gasteiger partial charge in [0, 0.05) is 5.57 Å². The summed E-state index contributed by atoms with van der Waals surface area (Å²) in [6.45, 7) is 0. The number of ketones is 2. The van der Waals surface area contributed by atoms with Gasteiger partial charge in [0.05, 0.1) is 0 Å². The van der Waals surface area contributed by atoms with E-state index < -0.39 is 11.6 Å². The zero-order valence-electron chi connectivity index (χ0n) is 5.74. The van der Waals surface area contributed by atoms with E-state index in [1.54, 1.807) is 18.2 Å². The summed E-state index contributed by atoms with van der Waals surface area (Å²) in [6, 6.07) is 0. The van der Waals surface area contributed by atoms with Crippen LogP contribution < -0.4 is 0 Å². The molecule has 0 saturated carbocycles. The SMILES string of the molecule is O=CC(=O)C(=O)C1=CC=CC1. The lowest BCUT2D eigenvalue weighted by atomic mass is 10.1. The van der Waals surface area contributed by atoms with Crippen LogP contribution in [0.1, 0.15) is 6.42 Å². The highest BCUT2D eigenvalue weighted by molar-refractivity contribution is 6.61. The Labute approximate surface area is 63.4 Å². The summed E-state index contributed by atoms with van der Waals surface area (Å²) in [6.07, 6.45) is 5.49. The molecule has 0 saturated heterocycles. The van der Waals surface area contributed by atoms with Crippen LogP contribution in [0.4, 0.5) is 0 Å². The molecule has 0 amide bonds. The minimum Gasteiger partial charge on any atom is -0.294 e. The van der Waals surface area contributed by atoms with Crippen LogP contribution in [0.25, 0.3) is 0 Å². The van der Waals surface area contributed by atoms with Crippen LogP contribution in [0.5, 0.6) is 0 Å². The lowest BCUT2D eigenvalue weighted by Crippen LogP contribution is -2.16. The molecular weight excluding hydrogens is 144 g/mol. The molecule has 0 N–H and O–H groups in total. The summed E-state index contributed by atoms with van der Waals surface area (Å²) in [5.74, 6) is -1.66. The fourth-order valence-corrected chi connectivity index (χ4v) is 0.827. The zero-order chi connectivity index (χ0) is 8.27. The molecule has 0 aliphatic heterocycles. The molecule has 11 heavy (non-hydrogen) atoms. The molecule has 0 unspecified atom stereocenters. The molecule has 1 aliphatic carbocycles. The number of aldehydes is 1. The molecule has 0 aromatic rings. The molecule has 0 bridgehead atoms. The lowest BCUT2D eigenvalue weighted by molar-refractivity contribution is -0.138. The summed E-state index contributed by atoms with van der Waals surface area (Å²) in [5.41, 5.74) is 0.391. The molecule has 0 aromatic heterocycles. The van der Waals surface area contributed by atoms with Crippen molar-refractivity contribution in [2.45, 2.75) is 6.42 Å². The van der Waals surface area contributed by atoms with E-state index in [0.717, 1.165) is 0 Å². The average molecular weight is 150 g/mol. The maximum atomic E-state index is 10.9. The first-order valence-corrected chi connectivity index (χ1v) is 3.15. The first-order chi connectivity index (χ1) is 5.25. The third-order valence-electron chi connectivity index (χ3n) is 1.39. The van der Waals surface area contributed by atoms with Crippen LogP contribution in [-0.2, 0) is 14.4 Å². The van der Waals surface area contributed by atoms with E-state index >= 15 is 0 Å². The van der Waals surface area contributed by atoms with Crippen LogP contribution in [0, 0.1) is 0 Å². The largest absolute Gasteiger partial charge is 0.294 e. The van der Waals surface area contributed by atoms with E-state index in [-0.39, 0.29) is 6.29 Å². The van der Waals surface area contributed by atoms with Crippen LogP contribution in [0.3, 0.4) is 0 Å². The Balaban J connectivity index is 2.70. The second kappa shape index (κ2) is 3.05. The van der Waals surface area contributed by atoms with E-state index in [4.69, 9.17) is 0 Å². The van der Waals surface area contributed by atoms with Crippen molar-refractivity contribution < 1.29 is 14.4 Å². The fourth-order valence-electron chi connectivity index (χ4n) is 0.827. The van der Waals surface area contributed by atoms with Gasteiger partial charge in [0.2, 0.25) is 5.78 Å². The van der Waals surface area contributed by atoms with Crippen LogP contribution in [0.2, 0.25) is 0 Å². The van der Waals surface area contributed by atoms with E-state index in [2.05, 4.69) is 0 Å². The Hall–Kier alpha value is -1.51. The Kier molecular flexibility index (Phi) is 2.11. The Morgan fingerprint density at radius 2 is 2.18 bits per heavy atom. The molecule has 0 fully saturated rings. The third-order valence-corrected chi connectivity index (χ3v) is 1.39. The second-order valence-electron chi connectivity index (χ2n) is 2.14. The van der Waals surface area contributed by atoms with E-state index in [1.165, 1.54) is 0 Å². The van der Waals surface area contributed by atoms with Crippen LogP contribution >= 0.6 is 0 Å². The number of hydrogen-bond acceptors (Lipinski definition) is 3. The maximum Gasteiger partial charge on any atom is 0.265 e. The molecule has 0 heterocycles. The minimum absolute atomic E-state index is 0.0431. The molecule has 3 nitrogen and oxygen atoms in total. The number of carbonyl (C=O) groups excluding carboxylic acids is 3. The van der Waals surface area contributed by atoms with Crippen molar-refractivity contribution in [1.82, 2.24) is 0 Å². The first-order valence-electron chi connectivity index (χ1n) is 3.15. The van der Waals surface area contributed by atoms with Crippen molar-refractivity contribution in [3.8, 4) is 0 Å². The van der Waals surface area contributed by atoms with Gasteiger partial charge in [-0.1, -0.05) is 18.2 Å². The Bertz CT molecular complexity index is 271. The lowest BCUT2D eigenvalue weighted by Gasteiger charge is -1.92. The molecule has 56 valence electrons. The molecular formula is C8H6O3. The highest BCUT2D eigenvalue weighted by Crippen LogP contribution is 2.10. The smallest absolute Gasteiger partial charge is 0.265 e. The number of rotatable bonds is 3. The quantitative estimate of drug-likeness (QED) is 0.328. The van der Waals surface area contributed by atoms with E-state index in [1.807, 2.05) is 0 Å². The van der Waals surface area contributed by atoms with Gasteiger partial charge in [0.25, 0.3) is 5.78 Å². The van der Waals surface area contributed by atoms with Crippen molar-refractivity contribution in [3.63, 3.8) is 0 Å². The van der Waals surface area contributed by atoms with E-state index in [0.29, 0.717) is 12.0 Å². The monoisotopic (exact) mass is 150 g/mol. The molecule has 1 rings (SSSR count). The van der Waals surface area contributed by atoms with Crippen molar-refractivity contribution >= 4 is 17.9 Å². The van der Waals surface area contributed by atoms with Crippen molar-refractivity contribution in [2.24, 2.45) is 0 Å². The summed E-state index contributed by atoms with van der Waals surface area (Å²) in [7, 11) is 0. The molecule has 0 atom stereocenters. The number of allylic oxidation sites excluding steroid dienone is 4. The number of hydrogen-bond donors (Lipinski definition) is 0. The molecule has 0 aromatic carbocycles. The predicted octanol–water partition coefficient (Wildman–Crippen LogP) is 0.210. The molecule has 0 spiro atoms. The van der Waals surface area contributed by atoms with Gasteiger partial charge in [-0.05, 0) is 6.42 Å². The summed E-state index contributed by atoms with van der Waals surface area (Å²) >= 11 is 0. The van der Waals surface area contributed by atoms with Crippen LogP contribution in [-0.4, -0.2) is 17.9 Å². The second-order valence-corrected chi connectivity index (χ2v) is 2.14. The van der Waals surface area contributed by atoms with Gasteiger partial charge in [-0.25, -0.2) is 0 Å². The maximum absolute atomic E-state index is 10.9. The highest BCUT2D eigenvalue weighted by atomic mass is 16.2. The van der Waals surface area contributed by atoms with Gasteiger partial charge in [0.15, 0.2) is 6.29 Å². The Morgan fingerprint density at radius 3 is 2.64 bits per heavy atom. The first kappa shape index (κ1) is 7.60. The van der Waals surface area contributed by atoms with Crippen molar-refractivity contribution in [3.05, 3.63) is 23.8 Å². The third kappa shape index (κ3) is 1.49. The molecule has 0 radical (unpaired) electrons. The zero-order valence-corrected chi connectivity index (χ0v) is 5.74. The van der Waals surface area contributed by atoms with Gasteiger partial charge in [-0.3, -0.25) is 14.4 Å². The summed E-state index contributed by atoms with van der Waals surface area (Å²) in [5, 5.41) is 0. The van der Waals surface area contributed by atoms with Gasteiger partial charge < -0.3 is 0 Å². The predicted molar refractivity (Wildman–Crippen MR) is 37.9 cm³/mol. The van der Waals surface area contributed by atoms with Crippen molar-refractivity contribution in [2.75, 3.05) is 0 Å². The average Bonchev–Trinajstić information content (AvgIpc) is 2.53. The Morgan fingerprint density at radius 1 is 1.45 bits per heavy atom. The van der Waals surface area contributed by atoms with E-state index in [9.17, 15) is 14.4 Å². The number of carbonyl (C=O) groups is 3. The molecule has 3 heteroatoms. The number of Topliss-reactive ketones (excluding diaryl/α,β-unsaturated/α-hetero) is 2. The summed E-state index contributed by atoms with van der Waals surface area (Å²) in [4.78, 5) is 31.3. The van der Waals surface area contributed by atoms with Gasteiger partial charge in [-0.15, -0.1) is 0 Å². The van der Waals surface area contributed by atoms with Gasteiger partial charge in [0.1, 0.15) is 0 Å². The normalized spacial score (nSPS) is 14.4. The van der Waals surface area contributed by atoms with Crippen LogP contribution in [0.15, 0.2) is 23.8 Å². The minimum atomic E-state index is -0.972. The molecule has 1 aliphatic rings. The standard InChI is InChI=1S/C8H6O3/c9-5-7(10)8(11)6-3-1-2-4-6/h1-3,5H,4H2. The van der Waals surface area contributed by atoms with Gasteiger partial charge >= 0.3 is 0 Å². The summed E-state index contributed by atoms with van der Waals surface area (Å²) < 4.78 is 0.